The van der Waals surface area contributed by atoms with Crippen molar-refractivity contribution >= 4 is 11.7 Å². The lowest BCUT2D eigenvalue weighted by atomic mass is 9.70. The SMILES string of the molecule is CCC(CC)(c1ccc(CN2CCCC2=O)c(C)c1)c1ccc(OC(C)C(=O)C(C)(C)C)c(C)c1. The molecule has 35 heavy (non-hydrogen) atoms. The number of nitrogens with zero attached hydrogens (tertiary/aromatic N) is 1. The molecule has 0 bridgehead atoms. The van der Waals surface area contributed by atoms with Crippen molar-refractivity contribution in [1.29, 1.82) is 0 Å². The Hall–Kier alpha value is -2.62. The molecule has 1 heterocycles. The van der Waals surface area contributed by atoms with E-state index in [-0.39, 0.29) is 17.1 Å². The molecule has 1 fully saturated rings. The fourth-order valence-corrected chi connectivity index (χ4v) is 5.41. The Balaban J connectivity index is 1.89. The quantitative estimate of drug-likeness (QED) is 0.394. The number of carbonyl (C=O) groups excluding carboxylic acids is 2. The molecule has 0 N–H and O–H groups in total. The lowest BCUT2D eigenvalue weighted by molar-refractivity contribution is -0.132. The molecule has 0 aromatic heterocycles. The minimum absolute atomic E-state index is 0.101. The highest BCUT2D eigenvalue weighted by Crippen LogP contribution is 2.41. The largest absolute Gasteiger partial charge is 0.483 e. The molecule has 4 nitrogen and oxygen atoms in total. The zero-order valence-corrected chi connectivity index (χ0v) is 23.0. The van der Waals surface area contributed by atoms with Gasteiger partial charge >= 0.3 is 0 Å². The molecule has 1 aliphatic rings. The number of Topliss-reactive ketones (excluding diaryl/α,β-unsaturated/α-hetero) is 1. The maximum absolute atomic E-state index is 12.6. The topological polar surface area (TPSA) is 46.6 Å². The van der Waals surface area contributed by atoms with Crippen LogP contribution < -0.4 is 4.74 Å². The van der Waals surface area contributed by atoms with E-state index in [1.165, 1.54) is 22.3 Å². The number of ketones is 1. The van der Waals surface area contributed by atoms with Gasteiger partial charge in [0.2, 0.25) is 5.91 Å². The molecule has 0 saturated carbocycles. The van der Waals surface area contributed by atoms with E-state index >= 15 is 0 Å². The standard InChI is InChI=1S/C31H43NO3/c1-9-31(10-2,25-14-13-24(21(3)18-25)20-32-17-11-12-28(32)33)26-15-16-27(22(4)19-26)35-23(5)29(34)30(6,7)8/h13-16,18-19,23H,9-12,17,20H2,1-8H3. The van der Waals surface area contributed by atoms with Crippen molar-refractivity contribution in [2.45, 2.75) is 99.1 Å². The summed E-state index contributed by atoms with van der Waals surface area (Å²) in [5, 5.41) is 0. The Morgan fingerprint density at radius 3 is 2.09 bits per heavy atom. The van der Waals surface area contributed by atoms with E-state index in [1.807, 2.05) is 38.7 Å². The zero-order valence-electron chi connectivity index (χ0n) is 23.0. The van der Waals surface area contributed by atoms with Crippen LogP contribution in [0.25, 0.3) is 0 Å². The summed E-state index contributed by atoms with van der Waals surface area (Å²) in [5.74, 6) is 1.13. The minimum Gasteiger partial charge on any atom is -0.483 e. The summed E-state index contributed by atoms with van der Waals surface area (Å²) in [6, 6.07) is 13.2. The normalized spacial score (nSPS) is 15.4. The van der Waals surface area contributed by atoms with Crippen molar-refractivity contribution in [3.05, 3.63) is 64.2 Å². The van der Waals surface area contributed by atoms with E-state index in [4.69, 9.17) is 4.74 Å². The minimum atomic E-state index is -0.487. The van der Waals surface area contributed by atoms with Gasteiger partial charge in [-0.25, -0.2) is 0 Å². The fourth-order valence-electron chi connectivity index (χ4n) is 5.41. The molecule has 1 amide bonds. The first-order valence-electron chi connectivity index (χ1n) is 13.1. The smallest absolute Gasteiger partial charge is 0.222 e. The molecule has 3 rings (SSSR count). The average molecular weight is 478 g/mol. The number of hydrogen-bond donors (Lipinski definition) is 0. The lowest BCUT2D eigenvalue weighted by Gasteiger charge is -2.34. The van der Waals surface area contributed by atoms with Crippen LogP contribution in [0.2, 0.25) is 0 Å². The fraction of sp³-hybridized carbons (Fsp3) is 0.548. The van der Waals surface area contributed by atoms with Crippen molar-refractivity contribution in [3.63, 3.8) is 0 Å². The number of likely N-dealkylation sites (tertiary alicyclic amines) is 1. The Kier molecular flexibility index (Phi) is 8.14. The molecule has 0 radical (unpaired) electrons. The van der Waals surface area contributed by atoms with Gasteiger partial charge < -0.3 is 9.64 Å². The van der Waals surface area contributed by atoms with Gasteiger partial charge in [-0.3, -0.25) is 9.59 Å². The Labute approximate surface area is 212 Å². The molecule has 1 aliphatic heterocycles. The Morgan fingerprint density at radius 1 is 1.00 bits per heavy atom. The monoisotopic (exact) mass is 477 g/mol. The second-order valence-electron chi connectivity index (χ2n) is 11.2. The third-order valence-electron chi connectivity index (χ3n) is 7.77. The second-order valence-corrected chi connectivity index (χ2v) is 11.2. The van der Waals surface area contributed by atoms with E-state index in [2.05, 4.69) is 58.0 Å². The van der Waals surface area contributed by atoms with E-state index in [0.717, 1.165) is 37.1 Å². The van der Waals surface area contributed by atoms with Crippen LogP contribution in [-0.2, 0) is 21.5 Å². The summed E-state index contributed by atoms with van der Waals surface area (Å²) in [4.78, 5) is 26.7. The summed E-state index contributed by atoms with van der Waals surface area (Å²) >= 11 is 0. The number of carbonyl (C=O) groups is 2. The second kappa shape index (κ2) is 10.6. The predicted octanol–water partition coefficient (Wildman–Crippen LogP) is 6.91. The number of hydrogen-bond acceptors (Lipinski definition) is 3. The summed E-state index contributed by atoms with van der Waals surface area (Å²) in [6.07, 6.45) is 3.11. The highest BCUT2D eigenvalue weighted by atomic mass is 16.5. The maximum atomic E-state index is 12.6. The van der Waals surface area contributed by atoms with Crippen LogP contribution in [0.3, 0.4) is 0 Å². The van der Waals surface area contributed by atoms with Crippen molar-refractivity contribution in [1.82, 2.24) is 4.90 Å². The van der Waals surface area contributed by atoms with Crippen molar-refractivity contribution in [2.75, 3.05) is 6.54 Å². The highest BCUT2D eigenvalue weighted by Gasteiger charge is 2.32. The van der Waals surface area contributed by atoms with Crippen LogP contribution in [0.5, 0.6) is 5.75 Å². The van der Waals surface area contributed by atoms with E-state index in [1.54, 1.807) is 0 Å². The van der Waals surface area contributed by atoms with Crippen LogP contribution in [0, 0.1) is 19.3 Å². The first-order chi connectivity index (χ1) is 16.4. The maximum Gasteiger partial charge on any atom is 0.222 e. The van der Waals surface area contributed by atoms with Gasteiger partial charge in [0.1, 0.15) is 5.75 Å². The number of aryl methyl sites for hydroxylation is 2. The van der Waals surface area contributed by atoms with Crippen LogP contribution in [-0.4, -0.2) is 29.2 Å². The number of rotatable bonds is 9. The number of ether oxygens (including phenoxy) is 1. The van der Waals surface area contributed by atoms with Gasteiger partial charge in [-0.1, -0.05) is 65.0 Å². The predicted molar refractivity (Wildman–Crippen MR) is 143 cm³/mol. The van der Waals surface area contributed by atoms with E-state index in [9.17, 15) is 9.59 Å². The van der Waals surface area contributed by atoms with Crippen molar-refractivity contribution in [3.8, 4) is 5.75 Å². The van der Waals surface area contributed by atoms with Gasteiger partial charge in [0.05, 0.1) is 0 Å². The van der Waals surface area contributed by atoms with Crippen LogP contribution >= 0.6 is 0 Å². The van der Waals surface area contributed by atoms with Gasteiger partial charge in [-0.15, -0.1) is 0 Å². The molecule has 2 aromatic rings. The number of benzene rings is 2. The third-order valence-corrected chi connectivity index (χ3v) is 7.77. The highest BCUT2D eigenvalue weighted by molar-refractivity contribution is 5.87. The molecule has 190 valence electrons. The molecule has 0 aliphatic carbocycles. The third kappa shape index (κ3) is 5.63. The first kappa shape index (κ1) is 27.0. The van der Waals surface area contributed by atoms with Crippen molar-refractivity contribution < 1.29 is 14.3 Å². The van der Waals surface area contributed by atoms with Gasteiger partial charge in [-0.2, -0.15) is 0 Å². The van der Waals surface area contributed by atoms with Gasteiger partial charge in [-0.05, 0) is 73.9 Å². The molecular formula is C31H43NO3. The van der Waals surface area contributed by atoms with Crippen LogP contribution in [0.15, 0.2) is 36.4 Å². The van der Waals surface area contributed by atoms with Gasteiger partial charge in [0.15, 0.2) is 11.9 Å². The zero-order chi connectivity index (χ0) is 26.0. The molecule has 0 spiro atoms. The number of amides is 1. The first-order valence-corrected chi connectivity index (χ1v) is 13.1. The lowest BCUT2D eigenvalue weighted by Crippen LogP contribution is -2.34. The molecule has 1 atom stereocenters. The Morgan fingerprint density at radius 2 is 1.60 bits per heavy atom. The molecule has 4 heteroatoms. The summed E-state index contributed by atoms with van der Waals surface area (Å²) < 4.78 is 6.10. The van der Waals surface area contributed by atoms with Crippen LogP contribution in [0.1, 0.15) is 95.0 Å². The molecular weight excluding hydrogens is 434 g/mol. The molecule has 1 saturated heterocycles. The summed E-state index contributed by atoms with van der Waals surface area (Å²) in [7, 11) is 0. The van der Waals surface area contributed by atoms with Gasteiger partial charge in [0, 0.05) is 30.3 Å². The van der Waals surface area contributed by atoms with E-state index in [0.29, 0.717) is 13.0 Å². The van der Waals surface area contributed by atoms with Gasteiger partial charge in [0.25, 0.3) is 0 Å². The van der Waals surface area contributed by atoms with Crippen molar-refractivity contribution in [2.24, 2.45) is 5.41 Å². The molecule has 2 aromatic carbocycles. The van der Waals surface area contributed by atoms with Crippen LogP contribution in [0.4, 0.5) is 0 Å². The summed E-state index contributed by atoms with van der Waals surface area (Å²) in [6.45, 7) is 17.9. The van der Waals surface area contributed by atoms with E-state index < -0.39 is 11.5 Å². The molecule has 1 unspecified atom stereocenters. The average Bonchev–Trinajstić information content (AvgIpc) is 3.21. The summed E-state index contributed by atoms with van der Waals surface area (Å²) in [5.41, 5.74) is 5.54. The Bertz CT molecular complexity index is 1080.